The van der Waals surface area contributed by atoms with E-state index in [-0.39, 0.29) is 28.7 Å². The van der Waals surface area contributed by atoms with Gasteiger partial charge in [0.1, 0.15) is 0 Å². The fourth-order valence-corrected chi connectivity index (χ4v) is 3.00. The molecule has 0 saturated heterocycles. The van der Waals surface area contributed by atoms with Crippen molar-refractivity contribution >= 4 is 52.3 Å². The molecule has 24 heavy (non-hydrogen) atoms. The number of hydrogen-bond donors (Lipinski definition) is 2. The Hall–Kier alpha value is -0.340. The van der Waals surface area contributed by atoms with Crippen LogP contribution in [0, 0.1) is 0 Å². The molecule has 0 heterocycles. The number of benzene rings is 1. The van der Waals surface area contributed by atoms with Gasteiger partial charge in [-0.15, -0.1) is 24.0 Å². The lowest BCUT2D eigenvalue weighted by Gasteiger charge is -2.17. The topological polar surface area (TPSA) is 53.5 Å². The van der Waals surface area contributed by atoms with Gasteiger partial charge in [0.15, 0.2) is 5.96 Å². The maximum absolute atomic E-state index is 12.0. The monoisotopic (exact) mass is 485 g/mol. The predicted molar refractivity (Wildman–Crippen MR) is 117 cm³/mol. The Morgan fingerprint density at radius 1 is 1.25 bits per heavy atom. The van der Waals surface area contributed by atoms with E-state index >= 15 is 0 Å². The van der Waals surface area contributed by atoms with Gasteiger partial charge in [0.2, 0.25) is 0 Å². The van der Waals surface area contributed by atoms with Crippen LogP contribution in [0.4, 0.5) is 0 Å². The summed E-state index contributed by atoms with van der Waals surface area (Å²) in [6.07, 6.45) is 0.831. The Bertz CT molecular complexity index is 547. The zero-order valence-electron chi connectivity index (χ0n) is 14.9. The lowest BCUT2D eigenvalue weighted by molar-refractivity contribution is 0.648. The van der Waals surface area contributed by atoms with Crippen molar-refractivity contribution in [3.63, 3.8) is 0 Å². The second-order valence-electron chi connectivity index (χ2n) is 6.19. The van der Waals surface area contributed by atoms with E-state index in [0.717, 1.165) is 36.1 Å². The smallest absolute Gasteiger partial charge is 0.191 e. The van der Waals surface area contributed by atoms with Crippen molar-refractivity contribution in [3.05, 3.63) is 34.9 Å². The number of guanidine groups is 1. The van der Waals surface area contributed by atoms with E-state index in [2.05, 4.69) is 15.6 Å². The second-order valence-corrected chi connectivity index (χ2v) is 8.92. The molecule has 2 N–H and O–H groups in total. The summed E-state index contributed by atoms with van der Waals surface area (Å²) < 4.78 is 11.8. The molecule has 0 aliphatic rings. The number of halogens is 2. The first-order valence-corrected chi connectivity index (χ1v) is 9.68. The molecule has 0 aromatic heterocycles. The van der Waals surface area contributed by atoms with Crippen LogP contribution >= 0.6 is 35.6 Å². The number of aliphatic imine (C=N–C) groups is 1. The van der Waals surface area contributed by atoms with Crippen molar-refractivity contribution in [1.29, 1.82) is 0 Å². The Balaban J connectivity index is 0.00000529. The van der Waals surface area contributed by atoms with Gasteiger partial charge >= 0.3 is 0 Å². The SMILES string of the molecule is CCNC(=NCCS(=O)C(C)(C)C)NCCc1ccccc1Cl.I. The molecule has 0 saturated carbocycles. The number of rotatable bonds is 7. The van der Waals surface area contributed by atoms with Crippen LogP contribution in [-0.4, -0.2) is 40.3 Å². The fourth-order valence-electron chi connectivity index (χ4n) is 1.91. The summed E-state index contributed by atoms with van der Waals surface area (Å²) in [7, 11) is -0.876. The van der Waals surface area contributed by atoms with E-state index < -0.39 is 10.8 Å². The van der Waals surface area contributed by atoms with Crippen molar-refractivity contribution in [1.82, 2.24) is 10.6 Å². The van der Waals surface area contributed by atoms with Gasteiger partial charge in [-0.25, -0.2) is 0 Å². The van der Waals surface area contributed by atoms with Crippen LogP contribution in [0.1, 0.15) is 33.3 Å². The first kappa shape index (κ1) is 23.7. The highest BCUT2D eigenvalue weighted by Crippen LogP contribution is 2.14. The average molecular weight is 486 g/mol. The van der Waals surface area contributed by atoms with Gasteiger partial charge in [0.05, 0.1) is 6.54 Å². The summed E-state index contributed by atoms with van der Waals surface area (Å²) in [6, 6.07) is 7.85. The quantitative estimate of drug-likeness (QED) is 0.352. The molecule has 0 aliphatic carbocycles. The van der Waals surface area contributed by atoms with Crippen LogP contribution in [0.2, 0.25) is 5.02 Å². The molecule has 0 spiro atoms. The van der Waals surface area contributed by atoms with E-state index in [9.17, 15) is 4.21 Å². The minimum absolute atomic E-state index is 0. The Morgan fingerprint density at radius 3 is 2.50 bits per heavy atom. The van der Waals surface area contributed by atoms with Gasteiger partial charge in [-0.2, -0.15) is 0 Å². The third kappa shape index (κ3) is 9.22. The molecule has 0 fully saturated rings. The van der Waals surface area contributed by atoms with E-state index in [1.165, 1.54) is 0 Å². The van der Waals surface area contributed by atoms with Crippen LogP contribution in [-0.2, 0) is 17.2 Å². The van der Waals surface area contributed by atoms with Gasteiger partial charge in [0.25, 0.3) is 0 Å². The largest absolute Gasteiger partial charge is 0.357 e. The molecule has 138 valence electrons. The molecule has 1 aromatic carbocycles. The summed E-state index contributed by atoms with van der Waals surface area (Å²) >= 11 is 6.15. The predicted octanol–water partition coefficient (Wildman–Crippen LogP) is 3.60. The van der Waals surface area contributed by atoms with Gasteiger partial charge in [-0.1, -0.05) is 29.8 Å². The van der Waals surface area contributed by atoms with Crippen LogP contribution in [0.3, 0.4) is 0 Å². The zero-order valence-corrected chi connectivity index (χ0v) is 18.8. The summed E-state index contributed by atoms with van der Waals surface area (Å²) in [5.74, 6) is 1.33. The zero-order chi connectivity index (χ0) is 17.3. The third-order valence-corrected chi connectivity index (χ3v) is 5.51. The standard InChI is InChI=1S/C17H28ClN3OS.HI/c1-5-19-16(21-12-13-23(22)17(2,3)4)20-11-10-14-8-6-7-9-15(14)18;/h6-9H,5,10-13H2,1-4H3,(H2,19,20,21);1H. The molecule has 1 rings (SSSR count). The van der Waals surface area contributed by atoms with E-state index in [0.29, 0.717) is 12.3 Å². The molecular weight excluding hydrogens is 457 g/mol. The highest BCUT2D eigenvalue weighted by Gasteiger charge is 2.18. The number of nitrogens with one attached hydrogen (secondary N) is 2. The number of nitrogens with zero attached hydrogens (tertiary/aromatic N) is 1. The summed E-state index contributed by atoms with van der Waals surface area (Å²) in [5, 5.41) is 7.28. The van der Waals surface area contributed by atoms with Crippen LogP contribution in [0.5, 0.6) is 0 Å². The van der Waals surface area contributed by atoms with E-state index in [1.807, 2.05) is 52.0 Å². The molecule has 1 unspecified atom stereocenters. The van der Waals surface area contributed by atoms with Crippen molar-refractivity contribution < 1.29 is 4.21 Å². The van der Waals surface area contributed by atoms with Crippen molar-refractivity contribution in [2.24, 2.45) is 4.99 Å². The Labute approximate surface area is 170 Å². The third-order valence-electron chi connectivity index (χ3n) is 3.22. The first-order chi connectivity index (χ1) is 10.8. The molecule has 0 bridgehead atoms. The summed E-state index contributed by atoms with van der Waals surface area (Å²) in [4.78, 5) is 4.49. The molecule has 0 radical (unpaired) electrons. The summed E-state index contributed by atoms with van der Waals surface area (Å²) in [5.41, 5.74) is 1.12. The molecule has 0 aliphatic heterocycles. The van der Waals surface area contributed by atoms with E-state index in [4.69, 9.17) is 11.6 Å². The highest BCUT2D eigenvalue weighted by molar-refractivity contribution is 14.0. The lowest BCUT2D eigenvalue weighted by atomic mass is 10.1. The minimum Gasteiger partial charge on any atom is -0.357 e. The Kier molecular flexibility index (Phi) is 11.9. The van der Waals surface area contributed by atoms with Gasteiger partial charge in [-0.3, -0.25) is 9.20 Å². The van der Waals surface area contributed by atoms with Crippen molar-refractivity contribution in [2.45, 2.75) is 38.9 Å². The molecule has 7 heteroatoms. The normalized spacial score (nSPS) is 13.1. The van der Waals surface area contributed by atoms with Crippen LogP contribution < -0.4 is 10.6 Å². The lowest BCUT2D eigenvalue weighted by Crippen LogP contribution is -2.38. The second kappa shape index (κ2) is 12.1. The van der Waals surface area contributed by atoms with Crippen LogP contribution in [0.15, 0.2) is 29.3 Å². The summed E-state index contributed by atoms with van der Waals surface area (Å²) in [6.45, 7) is 10.1. The van der Waals surface area contributed by atoms with Crippen molar-refractivity contribution in [3.8, 4) is 0 Å². The van der Waals surface area contributed by atoms with Gasteiger partial charge < -0.3 is 10.6 Å². The highest BCUT2D eigenvalue weighted by atomic mass is 127. The van der Waals surface area contributed by atoms with Gasteiger partial charge in [-0.05, 0) is 45.7 Å². The molecule has 4 nitrogen and oxygen atoms in total. The molecule has 0 amide bonds. The van der Waals surface area contributed by atoms with Crippen molar-refractivity contribution in [2.75, 3.05) is 25.4 Å². The van der Waals surface area contributed by atoms with E-state index in [1.54, 1.807) is 0 Å². The molecule has 1 atom stereocenters. The molecular formula is C17H29ClIN3OS. The fraction of sp³-hybridized carbons (Fsp3) is 0.588. The average Bonchev–Trinajstić information content (AvgIpc) is 2.48. The first-order valence-electron chi connectivity index (χ1n) is 7.98. The minimum atomic E-state index is -0.876. The van der Waals surface area contributed by atoms with Gasteiger partial charge in [0, 0.05) is 39.4 Å². The number of hydrogen-bond acceptors (Lipinski definition) is 2. The molecule has 1 aromatic rings. The maximum Gasteiger partial charge on any atom is 0.191 e. The Morgan fingerprint density at radius 2 is 1.92 bits per heavy atom. The van der Waals surface area contributed by atoms with Crippen LogP contribution in [0.25, 0.3) is 0 Å². The maximum atomic E-state index is 12.0.